The number of rotatable bonds is 9. The highest BCUT2D eigenvalue weighted by atomic mass is 16.5. The fraction of sp³-hybridized carbons (Fsp3) is 0.208. The maximum Gasteiger partial charge on any atom is 0.305 e. The first-order valence-electron chi connectivity index (χ1n) is 9.28. The molecule has 0 spiro atoms. The van der Waals surface area contributed by atoms with Crippen LogP contribution in [0, 0.1) is 0 Å². The number of hydrogen-bond acceptors (Lipinski definition) is 4. The summed E-state index contributed by atoms with van der Waals surface area (Å²) >= 11 is 0. The third-order valence-corrected chi connectivity index (χ3v) is 4.35. The molecule has 4 nitrogen and oxygen atoms in total. The van der Waals surface area contributed by atoms with Gasteiger partial charge in [0, 0.05) is 12.5 Å². The standard InChI is InChI=1S/C24H24O4/c1-26-24(25)15-13-21-12-14-22(27-17-19-8-4-2-5-9-19)16-23(21)28-18-20-10-6-3-7-11-20/h2-12,14,16H,13,15,17-18H2,1H3. The Morgan fingerprint density at radius 2 is 1.39 bits per heavy atom. The van der Waals surface area contributed by atoms with Crippen molar-refractivity contribution in [3.05, 3.63) is 95.6 Å². The fourth-order valence-corrected chi connectivity index (χ4v) is 2.78. The maximum absolute atomic E-state index is 11.5. The summed E-state index contributed by atoms with van der Waals surface area (Å²) in [6.07, 6.45) is 0.859. The summed E-state index contributed by atoms with van der Waals surface area (Å²) in [5.74, 6) is 1.21. The Bertz CT molecular complexity index is 876. The van der Waals surface area contributed by atoms with E-state index in [0.29, 0.717) is 26.1 Å². The largest absolute Gasteiger partial charge is 0.489 e. The molecule has 0 bridgehead atoms. The van der Waals surface area contributed by atoms with Crippen LogP contribution >= 0.6 is 0 Å². The smallest absolute Gasteiger partial charge is 0.305 e. The van der Waals surface area contributed by atoms with Gasteiger partial charge in [0.15, 0.2) is 0 Å². The van der Waals surface area contributed by atoms with Gasteiger partial charge in [-0.3, -0.25) is 4.79 Å². The summed E-state index contributed by atoms with van der Waals surface area (Å²) in [5.41, 5.74) is 3.13. The van der Waals surface area contributed by atoms with Crippen molar-refractivity contribution in [1.29, 1.82) is 0 Å². The van der Waals surface area contributed by atoms with Crippen LogP contribution in [-0.2, 0) is 29.2 Å². The van der Waals surface area contributed by atoms with Crippen molar-refractivity contribution in [2.75, 3.05) is 7.11 Å². The maximum atomic E-state index is 11.5. The Hall–Kier alpha value is -3.27. The number of carbonyl (C=O) groups is 1. The molecule has 0 atom stereocenters. The van der Waals surface area contributed by atoms with Crippen molar-refractivity contribution < 1.29 is 19.0 Å². The molecule has 0 fully saturated rings. The number of hydrogen-bond donors (Lipinski definition) is 0. The highest BCUT2D eigenvalue weighted by molar-refractivity contribution is 5.69. The van der Waals surface area contributed by atoms with Crippen LogP contribution in [0.15, 0.2) is 78.9 Å². The molecular formula is C24H24O4. The second-order valence-corrected chi connectivity index (χ2v) is 6.39. The minimum Gasteiger partial charge on any atom is -0.489 e. The van der Waals surface area contributed by atoms with Gasteiger partial charge < -0.3 is 14.2 Å². The van der Waals surface area contributed by atoms with E-state index in [1.54, 1.807) is 0 Å². The van der Waals surface area contributed by atoms with Crippen LogP contribution in [0.1, 0.15) is 23.1 Å². The molecule has 0 N–H and O–H groups in total. The van der Waals surface area contributed by atoms with Crippen molar-refractivity contribution in [3.8, 4) is 11.5 Å². The third-order valence-electron chi connectivity index (χ3n) is 4.35. The van der Waals surface area contributed by atoms with Crippen LogP contribution in [0.25, 0.3) is 0 Å². The molecule has 4 heteroatoms. The molecule has 3 aromatic rings. The zero-order valence-electron chi connectivity index (χ0n) is 16.0. The minimum absolute atomic E-state index is 0.238. The van der Waals surface area contributed by atoms with Crippen molar-refractivity contribution in [2.45, 2.75) is 26.1 Å². The molecule has 0 amide bonds. The number of benzene rings is 3. The Labute approximate surface area is 165 Å². The fourth-order valence-electron chi connectivity index (χ4n) is 2.78. The Morgan fingerprint density at radius 3 is 2.00 bits per heavy atom. The molecule has 0 aliphatic rings. The first-order valence-corrected chi connectivity index (χ1v) is 9.28. The van der Waals surface area contributed by atoms with E-state index in [1.807, 2.05) is 78.9 Å². The van der Waals surface area contributed by atoms with Gasteiger partial charge >= 0.3 is 5.97 Å². The van der Waals surface area contributed by atoms with Gasteiger partial charge in [-0.15, -0.1) is 0 Å². The average molecular weight is 376 g/mol. The van der Waals surface area contributed by atoms with Gasteiger partial charge in [-0.2, -0.15) is 0 Å². The van der Waals surface area contributed by atoms with Crippen LogP contribution in [0.5, 0.6) is 11.5 Å². The molecule has 3 aromatic carbocycles. The average Bonchev–Trinajstić information content (AvgIpc) is 2.76. The zero-order valence-corrected chi connectivity index (χ0v) is 16.0. The topological polar surface area (TPSA) is 44.8 Å². The second kappa shape index (κ2) is 10.2. The number of carbonyl (C=O) groups excluding carboxylic acids is 1. The van der Waals surface area contributed by atoms with Gasteiger partial charge in [0.2, 0.25) is 0 Å². The van der Waals surface area contributed by atoms with Crippen LogP contribution in [-0.4, -0.2) is 13.1 Å². The van der Waals surface area contributed by atoms with Crippen LogP contribution in [0.2, 0.25) is 0 Å². The van der Waals surface area contributed by atoms with Gasteiger partial charge in [0.05, 0.1) is 7.11 Å². The number of ether oxygens (including phenoxy) is 3. The highest BCUT2D eigenvalue weighted by Crippen LogP contribution is 2.27. The summed E-state index contributed by atoms with van der Waals surface area (Å²) in [7, 11) is 1.40. The van der Waals surface area contributed by atoms with Crippen molar-refractivity contribution in [2.24, 2.45) is 0 Å². The predicted octanol–water partition coefficient (Wildman–Crippen LogP) is 4.95. The molecule has 0 saturated heterocycles. The van der Waals surface area contributed by atoms with Gasteiger partial charge in [-0.25, -0.2) is 0 Å². The monoisotopic (exact) mass is 376 g/mol. The van der Waals surface area contributed by atoms with E-state index in [2.05, 4.69) is 0 Å². The van der Waals surface area contributed by atoms with Gasteiger partial charge in [0.1, 0.15) is 24.7 Å². The van der Waals surface area contributed by atoms with Crippen molar-refractivity contribution >= 4 is 5.97 Å². The van der Waals surface area contributed by atoms with Crippen LogP contribution < -0.4 is 9.47 Å². The van der Waals surface area contributed by atoms with E-state index < -0.39 is 0 Å². The summed E-state index contributed by atoms with van der Waals surface area (Å²) < 4.78 is 16.7. The highest BCUT2D eigenvalue weighted by Gasteiger charge is 2.10. The molecule has 0 aliphatic heterocycles. The molecule has 144 valence electrons. The number of aryl methyl sites for hydroxylation is 1. The van der Waals surface area contributed by atoms with Crippen molar-refractivity contribution in [1.82, 2.24) is 0 Å². The predicted molar refractivity (Wildman–Crippen MR) is 108 cm³/mol. The lowest BCUT2D eigenvalue weighted by atomic mass is 10.1. The lowest BCUT2D eigenvalue weighted by Crippen LogP contribution is -2.05. The van der Waals surface area contributed by atoms with Crippen LogP contribution in [0.3, 0.4) is 0 Å². The lowest BCUT2D eigenvalue weighted by molar-refractivity contribution is -0.140. The van der Waals surface area contributed by atoms with E-state index in [4.69, 9.17) is 14.2 Å². The van der Waals surface area contributed by atoms with E-state index in [-0.39, 0.29) is 5.97 Å². The number of esters is 1. The Balaban J connectivity index is 1.71. The van der Waals surface area contributed by atoms with E-state index in [0.717, 1.165) is 28.2 Å². The molecule has 0 aliphatic carbocycles. The Morgan fingerprint density at radius 1 is 0.786 bits per heavy atom. The van der Waals surface area contributed by atoms with E-state index in [1.165, 1.54) is 7.11 Å². The molecular weight excluding hydrogens is 352 g/mol. The summed E-state index contributed by atoms with van der Waals surface area (Å²) in [4.78, 5) is 11.5. The first kappa shape index (κ1) is 19.5. The summed E-state index contributed by atoms with van der Waals surface area (Å²) in [6, 6.07) is 25.7. The second-order valence-electron chi connectivity index (χ2n) is 6.39. The van der Waals surface area contributed by atoms with Crippen LogP contribution in [0.4, 0.5) is 0 Å². The number of methoxy groups -OCH3 is 1. The quantitative estimate of drug-likeness (QED) is 0.496. The molecule has 0 heterocycles. The molecule has 28 heavy (non-hydrogen) atoms. The zero-order chi connectivity index (χ0) is 19.6. The minimum atomic E-state index is -0.238. The van der Waals surface area contributed by atoms with Gasteiger partial charge in [-0.1, -0.05) is 66.7 Å². The van der Waals surface area contributed by atoms with Crippen molar-refractivity contribution in [3.63, 3.8) is 0 Å². The van der Waals surface area contributed by atoms with E-state index in [9.17, 15) is 4.79 Å². The molecule has 0 radical (unpaired) electrons. The van der Waals surface area contributed by atoms with Gasteiger partial charge in [0.25, 0.3) is 0 Å². The molecule has 0 aromatic heterocycles. The Kier molecular flexibility index (Phi) is 7.08. The normalized spacial score (nSPS) is 10.3. The molecule has 0 unspecified atom stereocenters. The first-order chi connectivity index (χ1) is 13.7. The van der Waals surface area contributed by atoms with E-state index >= 15 is 0 Å². The van der Waals surface area contributed by atoms with Gasteiger partial charge in [-0.05, 0) is 29.2 Å². The molecule has 3 rings (SSSR count). The molecule has 0 saturated carbocycles. The lowest BCUT2D eigenvalue weighted by Gasteiger charge is -2.14. The third kappa shape index (κ3) is 5.88. The SMILES string of the molecule is COC(=O)CCc1ccc(OCc2ccccc2)cc1OCc1ccccc1. The summed E-state index contributed by atoms with van der Waals surface area (Å²) in [5, 5.41) is 0. The summed E-state index contributed by atoms with van der Waals surface area (Å²) in [6.45, 7) is 0.939.